The third-order valence-corrected chi connectivity index (χ3v) is 3.19. The van der Waals surface area contributed by atoms with Crippen LogP contribution < -0.4 is 5.32 Å². The maximum atomic E-state index is 14.1. The molecule has 0 aliphatic rings. The SMILES string of the molecule is CCCNC(CCC(F)(F)F)c1c(C)cc(C)cc1F. The molecule has 0 heterocycles. The van der Waals surface area contributed by atoms with Crippen molar-refractivity contribution in [2.45, 2.75) is 52.3 Å². The van der Waals surface area contributed by atoms with Gasteiger partial charge in [-0.1, -0.05) is 13.0 Å². The van der Waals surface area contributed by atoms with E-state index in [1.807, 2.05) is 6.92 Å². The minimum atomic E-state index is -4.22. The van der Waals surface area contributed by atoms with Gasteiger partial charge in [-0.15, -0.1) is 0 Å². The Kier molecular flexibility index (Phi) is 5.99. The van der Waals surface area contributed by atoms with Crippen LogP contribution in [0, 0.1) is 19.7 Å². The second-order valence-corrected chi connectivity index (χ2v) is 5.14. The van der Waals surface area contributed by atoms with Crippen molar-refractivity contribution in [1.82, 2.24) is 5.32 Å². The topological polar surface area (TPSA) is 12.0 Å². The maximum Gasteiger partial charge on any atom is 0.389 e. The van der Waals surface area contributed by atoms with E-state index in [2.05, 4.69) is 5.32 Å². The van der Waals surface area contributed by atoms with Crippen LogP contribution in [0.2, 0.25) is 0 Å². The quantitative estimate of drug-likeness (QED) is 0.740. The van der Waals surface area contributed by atoms with Crippen LogP contribution >= 0.6 is 0 Å². The van der Waals surface area contributed by atoms with Crippen LogP contribution in [0.3, 0.4) is 0 Å². The van der Waals surface area contributed by atoms with E-state index in [-0.39, 0.29) is 6.42 Å². The van der Waals surface area contributed by atoms with E-state index >= 15 is 0 Å². The van der Waals surface area contributed by atoms with Gasteiger partial charge in [0.2, 0.25) is 0 Å². The lowest BCUT2D eigenvalue weighted by Gasteiger charge is -2.22. The molecule has 1 aromatic rings. The van der Waals surface area contributed by atoms with E-state index in [0.29, 0.717) is 17.7 Å². The molecular formula is C15H21F4N. The number of benzene rings is 1. The summed E-state index contributed by atoms with van der Waals surface area (Å²) in [5, 5.41) is 3.02. The van der Waals surface area contributed by atoms with Crippen LogP contribution in [0.15, 0.2) is 12.1 Å². The third-order valence-electron chi connectivity index (χ3n) is 3.19. The van der Waals surface area contributed by atoms with Crippen molar-refractivity contribution in [1.29, 1.82) is 0 Å². The Morgan fingerprint density at radius 2 is 1.85 bits per heavy atom. The molecule has 0 aliphatic heterocycles. The summed E-state index contributed by atoms with van der Waals surface area (Å²) in [4.78, 5) is 0. The lowest BCUT2D eigenvalue weighted by atomic mass is 9.95. The smallest absolute Gasteiger partial charge is 0.310 e. The second kappa shape index (κ2) is 7.07. The molecule has 0 saturated heterocycles. The summed E-state index contributed by atoms with van der Waals surface area (Å²) >= 11 is 0. The lowest BCUT2D eigenvalue weighted by Crippen LogP contribution is -2.25. The Balaban J connectivity index is 2.98. The van der Waals surface area contributed by atoms with Crippen molar-refractivity contribution >= 4 is 0 Å². The standard InChI is InChI=1S/C15H21F4N/c1-4-7-20-13(5-6-15(17,18)19)14-11(3)8-10(2)9-12(14)16/h8-9,13,20H,4-7H2,1-3H3. The van der Waals surface area contributed by atoms with Crippen LogP contribution in [-0.2, 0) is 0 Å². The first kappa shape index (κ1) is 17.0. The van der Waals surface area contributed by atoms with Crippen LogP contribution in [0.5, 0.6) is 0 Å². The highest BCUT2D eigenvalue weighted by atomic mass is 19.4. The second-order valence-electron chi connectivity index (χ2n) is 5.14. The molecule has 0 amide bonds. The van der Waals surface area contributed by atoms with Gasteiger partial charge in [-0.3, -0.25) is 0 Å². The largest absolute Gasteiger partial charge is 0.389 e. The Hall–Kier alpha value is -1.10. The van der Waals surface area contributed by atoms with Crippen molar-refractivity contribution in [2.75, 3.05) is 6.54 Å². The van der Waals surface area contributed by atoms with E-state index < -0.39 is 24.5 Å². The van der Waals surface area contributed by atoms with Crippen molar-refractivity contribution in [3.8, 4) is 0 Å². The number of rotatable bonds is 6. The number of aryl methyl sites for hydroxylation is 2. The van der Waals surface area contributed by atoms with Gasteiger partial charge in [-0.25, -0.2) is 4.39 Å². The molecule has 0 aromatic heterocycles. The first-order valence-electron chi connectivity index (χ1n) is 6.81. The summed E-state index contributed by atoms with van der Waals surface area (Å²) < 4.78 is 51.3. The van der Waals surface area contributed by atoms with Gasteiger partial charge in [0.1, 0.15) is 5.82 Å². The molecule has 0 fully saturated rings. The summed E-state index contributed by atoms with van der Waals surface area (Å²) in [5.74, 6) is -0.432. The van der Waals surface area contributed by atoms with E-state index in [1.54, 1.807) is 19.9 Å². The molecule has 5 heteroatoms. The van der Waals surface area contributed by atoms with Crippen molar-refractivity contribution in [2.24, 2.45) is 0 Å². The number of nitrogens with one attached hydrogen (secondary N) is 1. The molecule has 0 radical (unpaired) electrons. The zero-order valence-electron chi connectivity index (χ0n) is 12.1. The van der Waals surface area contributed by atoms with E-state index in [0.717, 1.165) is 12.0 Å². The van der Waals surface area contributed by atoms with Gasteiger partial charge in [0.25, 0.3) is 0 Å². The van der Waals surface area contributed by atoms with E-state index in [9.17, 15) is 17.6 Å². The van der Waals surface area contributed by atoms with Crippen LogP contribution in [0.1, 0.15) is 48.9 Å². The van der Waals surface area contributed by atoms with Gasteiger partial charge in [-0.05, 0) is 50.4 Å². The monoisotopic (exact) mass is 291 g/mol. The highest BCUT2D eigenvalue weighted by Gasteiger charge is 2.29. The van der Waals surface area contributed by atoms with E-state index in [1.165, 1.54) is 6.07 Å². The minimum Gasteiger partial charge on any atom is -0.310 e. The number of halogens is 4. The fourth-order valence-corrected chi connectivity index (χ4v) is 2.34. The fourth-order valence-electron chi connectivity index (χ4n) is 2.34. The molecular weight excluding hydrogens is 270 g/mol. The molecule has 1 unspecified atom stereocenters. The molecule has 1 rings (SSSR count). The van der Waals surface area contributed by atoms with Crippen molar-refractivity contribution < 1.29 is 17.6 Å². The predicted molar refractivity (Wildman–Crippen MR) is 72.2 cm³/mol. The zero-order chi connectivity index (χ0) is 15.3. The Morgan fingerprint density at radius 3 is 2.35 bits per heavy atom. The molecule has 1 nitrogen and oxygen atoms in total. The highest BCUT2D eigenvalue weighted by molar-refractivity contribution is 5.34. The van der Waals surface area contributed by atoms with Crippen molar-refractivity contribution in [3.63, 3.8) is 0 Å². The van der Waals surface area contributed by atoms with Gasteiger partial charge in [0.05, 0.1) is 0 Å². The molecule has 0 aliphatic carbocycles. The minimum absolute atomic E-state index is 0.148. The summed E-state index contributed by atoms with van der Waals surface area (Å²) in [7, 11) is 0. The predicted octanol–water partition coefficient (Wildman–Crippen LogP) is 4.83. The van der Waals surface area contributed by atoms with Gasteiger partial charge in [-0.2, -0.15) is 13.2 Å². The van der Waals surface area contributed by atoms with Crippen molar-refractivity contribution in [3.05, 3.63) is 34.6 Å². The molecule has 1 aromatic carbocycles. The van der Waals surface area contributed by atoms with Crippen LogP contribution in [0.25, 0.3) is 0 Å². The Morgan fingerprint density at radius 1 is 1.20 bits per heavy atom. The highest BCUT2D eigenvalue weighted by Crippen LogP contribution is 2.31. The van der Waals surface area contributed by atoms with Crippen LogP contribution in [0.4, 0.5) is 17.6 Å². The normalized spacial score (nSPS) is 13.6. The molecule has 0 bridgehead atoms. The molecule has 1 N–H and O–H groups in total. The summed E-state index contributed by atoms with van der Waals surface area (Å²) in [5.41, 5.74) is 1.82. The molecule has 1 atom stereocenters. The maximum absolute atomic E-state index is 14.1. The average molecular weight is 291 g/mol. The molecule has 20 heavy (non-hydrogen) atoms. The summed E-state index contributed by atoms with van der Waals surface area (Å²) in [6.45, 7) is 5.99. The Bertz CT molecular complexity index is 417. The van der Waals surface area contributed by atoms with Gasteiger partial charge >= 0.3 is 6.18 Å². The van der Waals surface area contributed by atoms with Gasteiger partial charge in [0.15, 0.2) is 0 Å². The van der Waals surface area contributed by atoms with Gasteiger partial charge < -0.3 is 5.32 Å². The zero-order valence-corrected chi connectivity index (χ0v) is 12.1. The summed E-state index contributed by atoms with van der Waals surface area (Å²) in [6.07, 6.45) is -4.50. The fraction of sp³-hybridized carbons (Fsp3) is 0.600. The average Bonchev–Trinajstić information content (AvgIpc) is 2.29. The third kappa shape index (κ3) is 5.12. The first-order chi connectivity index (χ1) is 9.24. The molecule has 0 saturated carbocycles. The number of hydrogen-bond donors (Lipinski definition) is 1. The van der Waals surface area contributed by atoms with E-state index in [4.69, 9.17) is 0 Å². The lowest BCUT2D eigenvalue weighted by molar-refractivity contribution is -0.136. The summed E-state index contributed by atoms with van der Waals surface area (Å²) in [6, 6.07) is 2.57. The molecule has 0 spiro atoms. The molecule has 114 valence electrons. The van der Waals surface area contributed by atoms with Crippen LogP contribution in [-0.4, -0.2) is 12.7 Å². The van der Waals surface area contributed by atoms with Gasteiger partial charge in [0, 0.05) is 18.0 Å². The number of hydrogen-bond acceptors (Lipinski definition) is 1. The first-order valence-corrected chi connectivity index (χ1v) is 6.81. The Labute approximate surface area is 117 Å². The number of alkyl halides is 3.